The Morgan fingerprint density at radius 1 is 0.969 bits per heavy atom. The van der Waals surface area contributed by atoms with E-state index in [2.05, 4.69) is 0 Å². The second-order valence-electron chi connectivity index (χ2n) is 7.45. The molecule has 0 spiro atoms. The Labute approximate surface area is 195 Å². The van der Waals surface area contributed by atoms with Crippen molar-refractivity contribution < 1.29 is 13.8 Å². The maximum absolute atomic E-state index is 13.6. The van der Waals surface area contributed by atoms with Gasteiger partial charge in [-0.15, -0.1) is 0 Å². The first kappa shape index (κ1) is 22.2. The summed E-state index contributed by atoms with van der Waals surface area (Å²) in [5.74, 6) is -0.388. The van der Waals surface area contributed by atoms with Crippen LogP contribution in [0.5, 0.6) is 0 Å². The van der Waals surface area contributed by atoms with Crippen molar-refractivity contribution in [1.82, 2.24) is 4.90 Å². The van der Waals surface area contributed by atoms with E-state index >= 15 is 0 Å². The topological polar surface area (TPSA) is 57.7 Å². The molecule has 1 unspecified atom stereocenters. The van der Waals surface area contributed by atoms with Crippen LogP contribution in [0.2, 0.25) is 5.02 Å². The Bertz CT molecular complexity index is 1220. The number of carbonyl (C=O) groups is 2. The largest absolute Gasteiger partial charge is 0.339 e. The number of carbonyl (C=O) groups excluding carboxylic acids is 2. The number of amides is 2. The number of halogens is 1. The Hall–Kier alpha value is -2.96. The molecule has 1 atom stereocenters. The molecule has 0 saturated heterocycles. The second-order valence-corrected chi connectivity index (χ2v) is 9.30. The van der Waals surface area contributed by atoms with Gasteiger partial charge < -0.3 is 9.80 Å². The van der Waals surface area contributed by atoms with Gasteiger partial charge in [0, 0.05) is 23.7 Å². The molecule has 0 fully saturated rings. The van der Waals surface area contributed by atoms with Gasteiger partial charge in [-0.1, -0.05) is 35.9 Å². The highest BCUT2D eigenvalue weighted by Gasteiger charge is 2.31. The van der Waals surface area contributed by atoms with E-state index in [0.717, 1.165) is 5.56 Å². The van der Waals surface area contributed by atoms with Gasteiger partial charge in [0.2, 0.25) is 0 Å². The monoisotopic (exact) mass is 466 g/mol. The predicted octanol–water partition coefficient (Wildman–Crippen LogP) is 5.15. The van der Waals surface area contributed by atoms with Crippen molar-refractivity contribution in [3.8, 4) is 0 Å². The van der Waals surface area contributed by atoms with Gasteiger partial charge in [0.15, 0.2) is 0 Å². The van der Waals surface area contributed by atoms with Crippen LogP contribution in [-0.2, 0) is 17.3 Å². The number of nitrogens with zero attached hydrogens (tertiary/aromatic N) is 2. The van der Waals surface area contributed by atoms with Crippen LogP contribution in [0.1, 0.15) is 40.1 Å². The van der Waals surface area contributed by atoms with E-state index in [-0.39, 0.29) is 18.4 Å². The summed E-state index contributed by atoms with van der Waals surface area (Å²) in [4.78, 5) is 30.9. The second kappa shape index (κ2) is 9.27. The molecule has 0 saturated carbocycles. The molecule has 0 N–H and O–H groups in total. The summed E-state index contributed by atoms with van der Waals surface area (Å²) in [5.41, 5.74) is 2.16. The maximum Gasteiger partial charge on any atom is 0.259 e. The number of fused-ring (bicyclic) bond motifs is 2. The van der Waals surface area contributed by atoms with E-state index in [1.165, 1.54) is 0 Å². The molecule has 5 nitrogen and oxygen atoms in total. The van der Waals surface area contributed by atoms with Crippen molar-refractivity contribution in [2.45, 2.75) is 30.2 Å². The fourth-order valence-electron chi connectivity index (χ4n) is 3.86. The van der Waals surface area contributed by atoms with Crippen molar-refractivity contribution in [2.75, 3.05) is 18.0 Å². The third-order valence-electron chi connectivity index (χ3n) is 5.54. The lowest BCUT2D eigenvalue weighted by atomic mass is 10.1. The number of hydrogen-bond donors (Lipinski definition) is 0. The number of anilines is 1. The molecule has 2 amide bonds. The van der Waals surface area contributed by atoms with Crippen molar-refractivity contribution in [3.05, 3.63) is 88.4 Å². The zero-order valence-corrected chi connectivity index (χ0v) is 19.4. The van der Waals surface area contributed by atoms with E-state index in [9.17, 15) is 13.8 Å². The molecule has 1 heterocycles. The molecular weight excluding hydrogens is 444 g/mol. The van der Waals surface area contributed by atoms with Gasteiger partial charge in [-0.3, -0.25) is 9.59 Å². The summed E-state index contributed by atoms with van der Waals surface area (Å²) >= 11 is 6.17. The van der Waals surface area contributed by atoms with Crippen LogP contribution in [0.15, 0.2) is 76.5 Å². The smallest absolute Gasteiger partial charge is 0.259 e. The van der Waals surface area contributed by atoms with Crippen molar-refractivity contribution >= 4 is 39.9 Å². The lowest BCUT2D eigenvalue weighted by Gasteiger charge is -2.25. The zero-order chi connectivity index (χ0) is 22.8. The molecule has 3 aromatic carbocycles. The molecule has 0 radical (unpaired) electrons. The van der Waals surface area contributed by atoms with Crippen LogP contribution < -0.4 is 4.90 Å². The van der Waals surface area contributed by atoms with Gasteiger partial charge >= 0.3 is 0 Å². The van der Waals surface area contributed by atoms with Crippen LogP contribution >= 0.6 is 11.6 Å². The predicted molar refractivity (Wildman–Crippen MR) is 127 cm³/mol. The Kier molecular flexibility index (Phi) is 6.44. The van der Waals surface area contributed by atoms with Crippen molar-refractivity contribution in [3.63, 3.8) is 0 Å². The lowest BCUT2D eigenvalue weighted by Crippen LogP contribution is -2.32. The van der Waals surface area contributed by atoms with Crippen LogP contribution in [0.3, 0.4) is 0 Å². The van der Waals surface area contributed by atoms with Crippen molar-refractivity contribution in [2.24, 2.45) is 0 Å². The SMILES string of the molecule is CCN(CC)C(=O)c1ccc2c(c1)N(Cc1cccc(Cl)c1)C(=O)c1ccccc1S2=O. The number of rotatable bonds is 5. The highest BCUT2D eigenvalue weighted by atomic mass is 35.5. The third-order valence-corrected chi connectivity index (χ3v) is 7.27. The highest BCUT2D eigenvalue weighted by Crippen LogP contribution is 2.36. The fraction of sp³-hybridized carbons (Fsp3) is 0.200. The quantitative estimate of drug-likeness (QED) is 0.522. The molecule has 0 aliphatic carbocycles. The molecule has 1 aliphatic rings. The van der Waals surface area contributed by atoms with Gasteiger partial charge in [0.1, 0.15) is 0 Å². The van der Waals surface area contributed by atoms with Gasteiger partial charge in [0.25, 0.3) is 11.8 Å². The average Bonchev–Trinajstić information content (AvgIpc) is 2.89. The summed E-state index contributed by atoms with van der Waals surface area (Å²) in [7, 11) is -1.56. The minimum absolute atomic E-state index is 0.125. The number of hydrogen-bond acceptors (Lipinski definition) is 3. The summed E-state index contributed by atoms with van der Waals surface area (Å²) in [5, 5.41) is 0.569. The molecule has 32 heavy (non-hydrogen) atoms. The van der Waals surface area contributed by atoms with Gasteiger partial charge in [0.05, 0.1) is 38.4 Å². The van der Waals surface area contributed by atoms with Crippen LogP contribution in [0.25, 0.3) is 0 Å². The maximum atomic E-state index is 13.6. The summed E-state index contributed by atoms with van der Waals surface area (Å²) in [6.45, 7) is 5.24. The first-order valence-electron chi connectivity index (χ1n) is 10.4. The Morgan fingerprint density at radius 3 is 2.44 bits per heavy atom. The summed E-state index contributed by atoms with van der Waals surface area (Å²) in [6, 6.07) is 19.3. The van der Waals surface area contributed by atoms with E-state index in [1.54, 1.807) is 64.4 Å². The van der Waals surface area contributed by atoms with Crippen LogP contribution in [0, 0.1) is 0 Å². The molecule has 4 rings (SSSR count). The first-order chi connectivity index (χ1) is 15.4. The third kappa shape index (κ3) is 4.08. The lowest BCUT2D eigenvalue weighted by molar-refractivity contribution is 0.0772. The molecule has 164 valence electrons. The summed E-state index contributed by atoms with van der Waals surface area (Å²) < 4.78 is 13.5. The van der Waals surface area contributed by atoms with Crippen LogP contribution in [0.4, 0.5) is 5.69 Å². The fourth-order valence-corrected chi connectivity index (χ4v) is 5.42. The minimum atomic E-state index is -1.56. The molecule has 1 aliphatic heterocycles. The standard InChI is InChI=1S/C25H23ClN2O3S/c1-3-27(4-2)24(29)18-12-13-23-21(15-18)28(16-17-8-7-9-19(26)14-17)25(30)20-10-5-6-11-22(20)32(23)31/h5-15H,3-4,16H2,1-2H3. The minimum Gasteiger partial charge on any atom is -0.339 e. The van der Waals surface area contributed by atoms with E-state index in [4.69, 9.17) is 11.6 Å². The van der Waals surface area contributed by atoms with Gasteiger partial charge in [-0.05, 0) is 61.9 Å². The number of benzene rings is 3. The van der Waals surface area contributed by atoms with E-state index < -0.39 is 10.8 Å². The van der Waals surface area contributed by atoms with E-state index in [1.807, 2.05) is 26.0 Å². The molecular formula is C25H23ClN2O3S. The average molecular weight is 467 g/mol. The van der Waals surface area contributed by atoms with Crippen molar-refractivity contribution in [1.29, 1.82) is 0 Å². The first-order valence-corrected chi connectivity index (χ1v) is 12.0. The molecule has 7 heteroatoms. The van der Waals surface area contributed by atoms with Gasteiger partial charge in [-0.2, -0.15) is 0 Å². The van der Waals surface area contributed by atoms with E-state index in [0.29, 0.717) is 44.7 Å². The normalized spacial score (nSPS) is 15.0. The zero-order valence-electron chi connectivity index (χ0n) is 17.9. The van der Waals surface area contributed by atoms with Crippen LogP contribution in [-0.4, -0.2) is 34.0 Å². The highest BCUT2D eigenvalue weighted by molar-refractivity contribution is 7.85. The molecule has 0 aromatic heterocycles. The molecule has 3 aromatic rings. The van der Waals surface area contributed by atoms with Gasteiger partial charge in [-0.25, -0.2) is 4.21 Å². The molecule has 0 bridgehead atoms. The summed E-state index contributed by atoms with van der Waals surface area (Å²) in [6.07, 6.45) is 0. The Balaban J connectivity index is 1.89. The Morgan fingerprint density at radius 2 is 1.72 bits per heavy atom.